The summed E-state index contributed by atoms with van der Waals surface area (Å²) in [6.07, 6.45) is 4.01. The number of benzene rings is 1. The van der Waals surface area contributed by atoms with Gasteiger partial charge in [0.05, 0.1) is 5.52 Å². The summed E-state index contributed by atoms with van der Waals surface area (Å²) in [4.78, 5) is 16.6. The molecule has 1 aromatic carbocycles. The minimum absolute atomic E-state index is 0.182. The average molecular weight is 290 g/mol. The molecule has 0 bridgehead atoms. The molecule has 0 saturated carbocycles. The van der Waals surface area contributed by atoms with Crippen LogP contribution < -0.4 is 5.73 Å². The number of nitriles is 1. The molecule has 0 radical (unpaired) electrons. The first-order valence-electron chi connectivity index (χ1n) is 6.94. The maximum Gasteiger partial charge on any atom is 0.262 e. The van der Waals surface area contributed by atoms with Crippen LogP contribution in [0.3, 0.4) is 0 Å². The molecule has 3 aromatic rings. The predicted molar refractivity (Wildman–Crippen MR) is 83.4 cm³/mol. The van der Waals surface area contributed by atoms with Crippen LogP contribution in [0.2, 0.25) is 0 Å². The Kier molecular flexibility index (Phi) is 3.69. The van der Waals surface area contributed by atoms with Gasteiger partial charge in [0.1, 0.15) is 11.8 Å². The Hall–Kier alpha value is -2.97. The minimum atomic E-state index is -0.182. The largest absolute Gasteiger partial charge is 0.330 e. The second kappa shape index (κ2) is 5.80. The predicted octanol–water partition coefficient (Wildman–Crippen LogP) is 2.10. The molecular weight excluding hydrogens is 276 g/mol. The van der Waals surface area contributed by atoms with Crippen LogP contribution >= 0.6 is 0 Å². The van der Waals surface area contributed by atoms with E-state index in [-0.39, 0.29) is 11.6 Å². The number of nitrogens with zero attached hydrogens (tertiary/aromatic N) is 3. The highest BCUT2D eigenvalue weighted by molar-refractivity contribution is 6.03. The van der Waals surface area contributed by atoms with Gasteiger partial charge in [-0.3, -0.25) is 9.36 Å². The van der Waals surface area contributed by atoms with Gasteiger partial charge in [-0.25, -0.2) is 4.98 Å². The van der Waals surface area contributed by atoms with Gasteiger partial charge in [-0.05, 0) is 36.7 Å². The molecule has 0 aliphatic rings. The Morgan fingerprint density at radius 2 is 2.14 bits per heavy atom. The Bertz CT molecular complexity index is 889. The van der Waals surface area contributed by atoms with E-state index in [1.807, 2.05) is 36.5 Å². The number of rotatable bonds is 3. The van der Waals surface area contributed by atoms with E-state index in [0.29, 0.717) is 18.5 Å². The lowest BCUT2D eigenvalue weighted by Crippen LogP contribution is -2.11. The Labute approximate surface area is 127 Å². The maximum atomic E-state index is 12.7. The number of carbonyl (C=O) groups is 1. The van der Waals surface area contributed by atoms with E-state index in [4.69, 9.17) is 11.0 Å². The van der Waals surface area contributed by atoms with E-state index >= 15 is 0 Å². The number of hydrogen-bond acceptors (Lipinski definition) is 4. The van der Waals surface area contributed by atoms with Crippen LogP contribution in [-0.4, -0.2) is 22.0 Å². The number of fused-ring (bicyclic) bond motifs is 1. The van der Waals surface area contributed by atoms with E-state index < -0.39 is 0 Å². The summed E-state index contributed by atoms with van der Waals surface area (Å²) >= 11 is 0. The van der Waals surface area contributed by atoms with Crippen molar-refractivity contribution in [2.45, 2.75) is 6.42 Å². The Balaban J connectivity index is 2.13. The van der Waals surface area contributed by atoms with Crippen LogP contribution in [0.4, 0.5) is 0 Å². The highest BCUT2D eigenvalue weighted by Crippen LogP contribution is 2.22. The second-order valence-electron chi connectivity index (χ2n) is 4.93. The van der Waals surface area contributed by atoms with Crippen LogP contribution in [-0.2, 0) is 6.42 Å². The molecule has 0 fully saturated rings. The lowest BCUT2D eigenvalue weighted by Gasteiger charge is -2.04. The molecule has 0 unspecified atom stereocenters. The van der Waals surface area contributed by atoms with Crippen molar-refractivity contribution in [2.75, 3.05) is 6.54 Å². The highest BCUT2D eigenvalue weighted by Gasteiger charge is 2.15. The number of carbonyl (C=O) groups excluding carboxylic acids is 1. The van der Waals surface area contributed by atoms with Gasteiger partial charge < -0.3 is 5.73 Å². The van der Waals surface area contributed by atoms with Crippen molar-refractivity contribution in [3.05, 3.63) is 65.6 Å². The molecule has 5 heteroatoms. The van der Waals surface area contributed by atoms with E-state index in [9.17, 15) is 4.79 Å². The van der Waals surface area contributed by atoms with Crippen molar-refractivity contribution in [1.82, 2.24) is 9.55 Å². The zero-order valence-electron chi connectivity index (χ0n) is 11.9. The van der Waals surface area contributed by atoms with Crippen LogP contribution in [0.15, 0.2) is 48.8 Å². The zero-order valence-corrected chi connectivity index (χ0v) is 11.9. The number of hydrogen-bond donors (Lipinski definition) is 1. The average Bonchev–Trinajstić information content (AvgIpc) is 2.93. The number of pyridine rings is 1. The first-order valence-corrected chi connectivity index (χ1v) is 6.94. The molecule has 108 valence electrons. The maximum absolute atomic E-state index is 12.7. The molecule has 2 N–H and O–H groups in total. The number of para-hydroxylation sites is 1. The molecule has 0 amide bonds. The summed E-state index contributed by atoms with van der Waals surface area (Å²) in [5.74, 6) is -0.182. The molecule has 0 saturated heterocycles. The smallest absolute Gasteiger partial charge is 0.262 e. The molecule has 0 atom stereocenters. The molecule has 3 rings (SSSR count). The van der Waals surface area contributed by atoms with E-state index in [1.54, 1.807) is 10.6 Å². The molecule has 22 heavy (non-hydrogen) atoms. The molecule has 5 nitrogen and oxygen atoms in total. The monoisotopic (exact) mass is 290 g/mol. The van der Waals surface area contributed by atoms with Gasteiger partial charge in [0.2, 0.25) is 0 Å². The highest BCUT2D eigenvalue weighted by atomic mass is 16.2. The zero-order chi connectivity index (χ0) is 15.5. The molecule has 0 aliphatic carbocycles. The quantitative estimate of drug-likeness (QED) is 0.800. The van der Waals surface area contributed by atoms with Gasteiger partial charge in [-0.2, -0.15) is 5.26 Å². The van der Waals surface area contributed by atoms with Gasteiger partial charge in [-0.1, -0.05) is 18.2 Å². The van der Waals surface area contributed by atoms with E-state index in [1.165, 1.54) is 12.3 Å². The molecule has 0 spiro atoms. The molecular formula is C17H14N4O. The van der Waals surface area contributed by atoms with Crippen LogP contribution in [0.1, 0.15) is 21.6 Å². The molecule has 2 heterocycles. The lowest BCUT2D eigenvalue weighted by atomic mass is 10.1. The van der Waals surface area contributed by atoms with Gasteiger partial charge >= 0.3 is 0 Å². The third-order valence-electron chi connectivity index (χ3n) is 3.55. The fourth-order valence-electron chi connectivity index (χ4n) is 2.54. The summed E-state index contributed by atoms with van der Waals surface area (Å²) in [5, 5.41) is 9.94. The second-order valence-corrected chi connectivity index (χ2v) is 4.93. The van der Waals surface area contributed by atoms with Crippen LogP contribution in [0.5, 0.6) is 0 Å². The summed E-state index contributed by atoms with van der Waals surface area (Å²) in [6, 6.07) is 12.8. The fraction of sp³-hybridized carbons (Fsp3) is 0.118. The van der Waals surface area contributed by atoms with Crippen molar-refractivity contribution in [3.8, 4) is 6.07 Å². The third kappa shape index (κ3) is 2.36. The van der Waals surface area contributed by atoms with E-state index in [0.717, 1.165) is 16.5 Å². The third-order valence-corrected chi connectivity index (χ3v) is 3.55. The Morgan fingerprint density at radius 3 is 2.91 bits per heavy atom. The van der Waals surface area contributed by atoms with Crippen molar-refractivity contribution in [3.63, 3.8) is 0 Å². The number of nitrogens with two attached hydrogens (primary N) is 1. The first kappa shape index (κ1) is 14.0. The van der Waals surface area contributed by atoms with Crippen LogP contribution in [0.25, 0.3) is 10.9 Å². The van der Waals surface area contributed by atoms with Crippen LogP contribution in [0, 0.1) is 11.3 Å². The summed E-state index contributed by atoms with van der Waals surface area (Å²) in [6.45, 7) is 0.524. The van der Waals surface area contributed by atoms with Crippen molar-refractivity contribution >= 4 is 16.8 Å². The minimum Gasteiger partial charge on any atom is -0.330 e. The Morgan fingerprint density at radius 1 is 1.32 bits per heavy atom. The van der Waals surface area contributed by atoms with Crippen molar-refractivity contribution in [1.29, 1.82) is 5.26 Å². The topological polar surface area (TPSA) is 84.7 Å². The van der Waals surface area contributed by atoms with Crippen molar-refractivity contribution < 1.29 is 4.79 Å². The van der Waals surface area contributed by atoms with Crippen molar-refractivity contribution in [2.24, 2.45) is 5.73 Å². The van der Waals surface area contributed by atoms with Gasteiger partial charge in [0.25, 0.3) is 5.91 Å². The van der Waals surface area contributed by atoms with Gasteiger partial charge in [-0.15, -0.1) is 0 Å². The normalized spacial score (nSPS) is 10.5. The van der Waals surface area contributed by atoms with E-state index in [2.05, 4.69) is 4.98 Å². The fourth-order valence-corrected chi connectivity index (χ4v) is 2.54. The number of aromatic nitrogens is 2. The molecule has 0 aliphatic heterocycles. The summed E-state index contributed by atoms with van der Waals surface area (Å²) < 4.78 is 1.61. The summed E-state index contributed by atoms with van der Waals surface area (Å²) in [7, 11) is 0. The van der Waals surface area contributed by atoms with Gasteiger partial charge in [0.15, 0.2) is 0 Å². The first-order chi connectivity index (χ1) is 10.7. The standard InChI is InChI=1S/C17H14N4O/c18-7-5-13-11-21(16-4-2-1-3-15(13)16)17(22)12-6-8-20-14(9-12)10-19/h1-4,6,8-9,11H,5,7,18H2. The SMILES string of the molecule is N#Cc1cc(C(=O)n2cc(CCN)c3ccccc32)ccn1. The summed E-state index contributed by atoms with van der Waals surface area (Å²) in [5.41, 5.74) is 8.19. The van der Waals surface area contributed by atoms with Gasteiger partial charge in [0, 0.05) is 23.3 Å². The molecule has 2 aromatic heterocycles. The lowest BCUT2D eigenvalue weighted by molar-refractivity contribution is 0.0964.